The number of phenols is 1. The third-order valence-electron chi connectivity index (χ3n) is 5.82. The molecule has 1 aliphatic rings. The average molecular weight is 644 g/mol. The molecule has 4 aromatic rings. The van der Waals surface area contributed by atoms with Crippen LogP contribution in [0.2, 0.25) is 0 Å². The summed E-state index contributed by atoms with van der Waals surface area (Å²) in [6.45, 7) is 3.62. The van der Waals surface area contributed by atoms with Crippen molar-refractivity contribution in [1.82, 2.24) is 4.57 Å². The van der Waals surface area contributed by atoms with Crippen molar-refractivity contribution < 1.29 is 19.1 Å². The van der Waals surface area contributed by atoms with Gasteiger partial charge in [-0.3, -0.25) is 9.36 Å². The number of halogens is 2. The Balaban J connectivity index is 1.70. The molecule has 2 aromatic heterocycles. The maximum atomic E-state index is 13.7. The Morgan fingerprint density at radius 1 is 1.16 bits per heavy atom. The quantitative estimate of drug-likeness (QED) is 0.298. The summed E-state index contributed by atoms with van der Waals surface area (Å²) in [6, 6.07) is 15.3. The van der Waals surface area contributed by atoms with E-state index in [-0.39, 0.29) is 23.5 Å². The third kappa shape index (κ3) is 4.88. The van der Waals surface area contributed by atoms with Crippen LogP contribution in [0.1, 0.15) is 31.2 Å². The van der Waals surface area contributed by atoms with Crippen molar-refractivity contribution in [2.45, 2.75) is 19.9 Å². The van der Waals surface area contributed by atoms with Crippen LogP contribution in [-0.2, 0) is 9.53 Å². The third-order valence-corrected chi connectivity index (χ3v) is 7.82. The molecule has 0 spiro atoms. The molecule has 1 N–H and O–H groups in total. The van der Waals surface area contributed by atoms with Gasteiger partial charge < -0.3 is 14.3 Å². The van der Waals surface area contributed by atoms with Gasteiger partial charge in [0.05, 0.1) is 22.4 Å². The molecular weight excluding hydrogens is 624 g/mol. The summed E-state index contributed by atoms with van der Waals surface area (Å²) in [7, 11) is 0. The SMILES string of the molecule is CCOC(=O)C1=C(C)N=c2s/c(=C\c3cc(Br)ccc3O)c(=O)n2[C@@H]1c1ccc(-c2ccc(Br)cc2)o1. The summed E-state index contributed by atoms with van der Waals surface area (Å²) in [5.41, 5.74) is 1.66. The zero-order valence-corrected chi connectivity index (χ0v) is 23.7. The topological polar surface area (TPSA) is 94.0 Å². The first-order chi connectivity index (χ1) is 17.8. The number of hydrogen-bond acceptors (Lipinski definition) is 7. The first-order valence-electron chi connectivity index (χ1n) is 11.3. The minimum atomic E-state index is -0.863. The number of aromatic hydroxyl groups is 1. The van der Waals surface area contributed by atoms with Gasteiger partial charge in [-0.2, -0.15) is 0 Å². The van der Waals surface area contributed by atoms with Crippen LogP contribution in [0.15, 0.2) is 89.0 Å². The Labute approximate surface area is 232 Å². The standard InChI is InChI=1S/C27H20Br2N2O5S/c1-3-35-26(34)23-14(2)30-27-31(25(33)22(37-27)13-16-12-18(29)8-9-19(16)32)24(23)21-11-10-20(36-21)15-4-6-17(28)7-5-15/h4-13,24,32H,3H2,1-2H3/b22-13-/t24-/m1/s1. The van der Waals surface area contributed by atoms with E-state index in [2.05, 4.69) is 36.9 Å². The Bertz CT molecular complexity index is 1730. The molecule has 1 aliphatic heterocycles. The fraction of sp³-hybridized carbons (Fsp3) is 0.148. The molecule has 0 amide bonds. The van der Waals surface area contributed by atoms with E-state index in [1.165, 1.54) is 15.9 Å². The van der Waals surface area contributed by atoms with E-state index in [4.69, 9.17) is 9.15 Å². The molecule has 0 bridgehead atoms. The summed E-state index contributed by atoms with van der Waals surface area (Å²) in [4.78, 5) is 31.8. The highest BCUT2D eigenvalue weighted by Gasteiger charge is 2.35. The molecule has 37 heavy (non-hydrogen) atoms. The summed E-state index contributed by atoms with van der Waals surface area (Å²) in [5, 5.41) is 10.3. The lowest BCUT2D eigenvalue weighted by molar-refractivity contribution is -0.139. The second-order valence-corrected chi connectivity index (χ2v) is 11.1. The van der Waals surface area contributed by atoms with E-state index < -0.39 is 12.0 Å². The van der Waals surface area contributed by atoms with Gasteiger partial charge in [0.1, 0.15) is 23.3 Å². The molecule has 0 unspecified atom stereocenters. The van der Waals surface area contributed by atoms with Crippen molar-refractivity contribution in [2.24, 2.45) is 4.99 Å². The number of fused-ring (bicyclic) bond motifs is 1. The van der Waals surface area contributed by atoms with Crippen LogP contribution in [0.5, 0.6) is 5.75 Å². The van der Waals surface area contributed by atoms with E-state index in [1.54, 1.807) is 44.2 Å². The van der Waals surface area contributed by atoms with E-state index in [1.807, 2.05) is 30.3 Å². The molecular formula is C27H20Br2N2O5S. The average Bonchev–Trinajstić information content (AvgIpc) is 3.46. The number of aromatic nitrogens is 1. The molecule has 7 nitrogen and oxygen atoms in total. The highest BCUT2D eigenvalue weighted by molar-refractivity contribution is 9.10. The second kappa shape index (κ2) is 10.3. The summed E-state index contributed by atoms with van der Waals surface area (Å²) in [5.74, 6) is 0.489. The predicted octanol–water partition coefficient (Wildman–Crippen LogP) is 5.29. The monoisotopic (exact) mass is 642 g/mol. The van der Waals surface area contributed by atoms with Gasteiger partial charge in [-0.05, 0) is 62.4 Å². The van der Waals surface area contributed by atoms with Crippen molar-refractivity contribution in [3.8, 4) is 17.1 Å². The second-order valence-electron chi connectivity index (χ2n) is 8.21. The van der Waals surface area contributed by atoms with Crippen LogP contribution in [0.4, 0.5) is 0 Å². The molecule has 0 radical (unpaired) electrons. The van der Waals surface area contributed by atoms with Crippen LogP contribution in [0.3, 0.4) is 0 Å². The molecule has 2 aromatic carbocycles. The van der Waals surface area contributed by atoms with Gasteiger partial charge in [0.15, 0.2) is 4.80 Å². The van der Waals surface area contributed by atoms with E-state index in [0.717, 1.165) is 14.5 Å². The van der Waals surface area contributed by atoms with Crippen molar-refractivity contribution >= 4 is 55.2 Å². The maximum absolute atomic E-state index is 13.7. The number of allylic oxidation sites excluding steroid dienone is 1. The van der Waals surface area contributed by atoms with Gasteiger partial charge in [-0.15, -0.1) is 0 Å². The van der Waals surface area contributed by atoms with Gasteiger partial charge in [-0.1, -0.05) is 55.3 Å². The molecule has 188 valence electrons. The number of carbonyl (C=O) groups is 1. The number of rotatable bonds is 5. The van der Waals surface area contributed by atoms with Crippen LogP contribution < -0.4 is 14.9 Å². The lowest BCUT2D eigenvalue weighted by Gasteiger charge is -2.22. The van der Waals surface area contributed by atoms with Crippen molar-refractivity contribution in [1.29, 1.82) is 0 Å². The Kier molecular flexibility index (Phi) is 7.06. The number of ether oxygens (including phenoxy) is 1. The van der Waals surface area contributed by atoms with Crippen LogP contribution in [0.25, 0.3) is 17.4 Å². The lowest BCUT2D eigenvalue weighted by atomic mass is 10.0. The molecule has 5 rings (SSSR count). The van der Waals surface area contributed by atoms with Gasteiger partial charge in [-0.25, -0.2) is 9.79 Å². The normalized spacial score (nSPS) is 15.5. The van der Waals surface area contributed by atoms with Gasteiger partial charge in [0, 0.05) is 20.1 Å². The summed E-state index contributed by atoms with van der Waals surface area (Å²) >= 11 is 8.00. The van der Waals surface area contributed by atoms with E-state index in [9.17, 15) is 14.7 Å². The Morgan fingerprint density at radius 2 is 1.89 bits per heavy atom. The number of thiazole rings is 1. The minimum absolute atomic E-state index is 0.0409. The summed E-state index contributed by atoms with van der Waals surface area (Å²) in [6.07, 6.45) is 1.61. The molecule has 3 heterocycles. The minimum Gasteiger partial charge on any atom is -0.507 e. The fourth-order valence-electron chi connectivity index (χ4n) is 4.11. The molecule has 10 heteroatoms. The number of nitrogens with zero attached hydrogens (tertiary/aromatic N) is 2. The zero-order valence-electron chi connectivity index (χ0n) is 19.7. The first kappa shape index (κ1) is 25.4. The maximum Gasteiger partial charge on any atom is 0.338 e. The van der Waals surface area contributed by atoms with Crippen LogP contribution >= 0.6 is 43.2 Å². The number of esters is 1. The van der Waals surface area contributed by atoms with Crippen molar-refractivity contribution in [3.63, 3.8) is 0 Å². The van der Waals surface area contributed by atoms with Crippen molar-refractivity contribution in [2.75, 3.05) is 6.61 Å². The van der Waals surface area contributed by atoms with Gasteiger partial charge in [0.25, 0.3) is 5.56 Å². The number of phenolic OH excluding ortho intramolecular Hbond substituents is 1. The van der Waals surface area contributed by atoms with Crippen molar-refractivity contribution in [3.05, 3.63) is 106 Å². The molecule has 0 saturated carbocycles. The molecule has 0 aliphatic carbocycles. The van der Waals surface area contributed by atoms with Crippen LogP contribution in [-0.4, -0.2) is 22.2 Å². The molecule has 0 saturated heterocycles. The lowest BCUT2D eigenvalue weighted by Crippen LogP contribution is -2.39. The first-order valence-corrected chi connectivity index (χ1v) is 13.7. The highest BCUT2D eigenvalue weighted by atomic mass is 79.9. The van der Waals surface area contributed by atoms with Crippen LogP contribution in [0, 0.1) is 0 Å². The number of benzene rings is 2. The fourth-order valence-corrected chi connectivity index (χ4v) is 5.79. The largest absolute Gasteiger partial charge is 0.507 e. The molecule has 0 fully saturated rings. The Hall–Kier alpha value is -3.21. The van der Waals surface area contributed by atoms with E-state index >= 15 is 0 Å². The molecule has 1 atom stereocenters. The van der Waals surface area contributed by atoms with E-state index in [0.29, 0.717) is 32.1 Å². The number of furan rings is 1. The van der Waals surface area contributed by atoms with Gasteiger partial charge in [0.2, 0.25) is 0 Å². The number of carbonyl (C=O) groups excluding carboxylic acids is 1. The Morgan fingerprint density at radius 3 is 2.62 bits per heavy atom. The number of hydrogen-bond donors (Lipinski definition) is 1. The predicted molar refractivity (Wildman–Crippen MR) is 148 cm³/mol. The highest BCUT2D eigenvalue weighted by Crippen LogP contribution is 2.34. The summed E-state index contributed by atoms with van der Waals surface area (Å²) < 4.78 is 15.1. The van der Waals surface area contributed by atoms with Gasteiger partial charge >= 0.3 is 5.97 Å². The smallest absolute Gasteiger partial charge is 0.338 e. The zero-order chi connectivity index (χ0) is 26.3.